The van der Waals surface area contributed by atoms with Crippen LogP contribution in [0.15, 0.2) is 53.4 Å². The van der Waals surface area contributed by atoms with Crippen molar-refractivity contribution in [1.29, 1.82) is 0 Å². The Morgan fingerprint density at radius 2 is 1.81 bits per heavy atom. The first-order chi connectivity index (χ1) is 13.1. The molecule has 6 heteroatoms. The molecule has 0 bridgehead atoms. The van der Waals surface area contributed by atoms with Gasteiger partial charge in [-0.15, -0.1) is 0 Å². The average Bonchev–Trinajstić information content (AvgIpc) is 2.96. The molecule has 2 amide bonds. The van der Waals surface area contributed by atoms with E-state index >= 15 is 0 Å². The maximum Gasteiger partial charge on any atom is 0.293 e. The van der Waals surface area contributed by atoms with Crippen LogP contribution in [0.1, 0.15) is 17.5 Å². The van der Waals surface area contributed by atoms with E-state index in [1.165, 1.54) is 10.5 Å². The number of rotatable bonds is 7. The van der Waals surface area contributed by atoms with Crippen molar-refractivity contribution in [2.24, 2.45) is 0 Å². The summed E-state index contributed by atoms with van der Waals surface area (Å²) in [5.41, 5.74) is 1.93. The number of carbonyl (C=O) groups excluding carboxylic acids is 2. The van der Waals surface area contributed by atoms with Crippen LogP contribution in [0, 0.1) is 0 Å². The lowest BCUT2D eigenvalue weighted by Crippen LogP contribution is -2.29. The third-order valence-electron chi connectivity index (χ3n) is 4.29. The highest BCUT2D eigenvalue weighted by molar-refractivity contribution is 8.18. The van der Waals surface area contributed by atoms with Crippen LogP contribution in [-0.4, -0.2) is 36.8 Å². The fourth-order valence-electron chi connectivity index (χ4n) is 2.86. The predicted molar refractivity (Wildman–Crippen MR) is 107 cm³/mol. The first-order valence-corrected chi connectivity index (χ1v) is 9.45. The Labute approximate surface area is 163 Å². The molecule has 2 aromatic rings. The fraction of sp³-hybridized carbons (Fsp3) is 0.238. The van der Waals surface area contributed by atoms with Crippen LogP contribution in [0.5, 0.6) is 11.5 Å². The molecule has 2 aromatic carbocycles. The molecule has 1 aliphatic heterocycles. The average molecular weight is 383 g/mol. The molecule has 1 fully saturated rings. The molecule has 0 spiro atoms. The number of ether oxygens (including phenoxy) is 2. The number of carbonyl (C=O) groups is 2. The minimum atomic E-state index is -0.254. The van der Waals surface area contributed by atoms with E-state index in [2.05, 4.69) is 0 Å². The van der Waals surface area contributed by atoms with E-state index in [9.17, 15) is 9.59 Å². The highest BCUT2D eigenvalue weighted by Crippen LogP contribution is 2.35. The summed E-state index contributed by atoms with van der Waals surface area (Å²) in [6, 6.07) is 15.4. The van der Waals surface area contributed by atoms with E-state index in [1.54, 1.807) is 38.5 Å². The summed E-state index contributed by atoms with van der Waals surface area (Å²) < 4.78 is 10.5. The molecule has 0 aliphatic carbocycles. The van der Waals surface area contributed by atoms with Gasteiger partial charge in [-0.3, -0.25) is 14.5 Å². The first kappa shape index (κ1) is 19.0. The van der Waals surface area contributed by atoms with E-state index in [0.717, 1.165) is 30.2 Å². The summed E-state index contributed by atoms with van der Waals surface area (Å²) >= 11 is 0.964. The fourth-order valence-corrected chi connectivity index (χ4v) is 3.71. The standard InChI is InChI=1S/C21H21NO4S/c1-25-17-11-10-16(18(14-17)26-2)13-19-20(23)22(21(24)27-19)12-6-9-15-7-4-3-5-8-15/h3-5,7-8,10-11,13-14H,6,9,12H2,1-2H3/b19-13+. The lowest BCUT2D eigenvalue weighted by Gasteiger charge is -2.12. The van der Waals surface area contributed by atoms with Crippen molar-refractivity contribution < 1.29 is 19.1 Å². The highest BCUT2D eigenvalue weighted by Gasteiger charge is 2.34. The summed E-state index contributed by atoms with van der Waals surface area (Å²) in [5.74, 6) is 0.999. The zero-order chi connectivity index (χ0) is 19.2. The maximum absolute atomic E-state index is 12.6. The number of hydrogen-bond acceptors (Lipinski definition) is 5. The van der Waals surface area contributed by atoms with Gasteiger partial charge in [0.15, 0.2) is 0 Å². The van der Waals surface area contributed by atoms with Crippen molar-refractivity contribution >= 4 is 29.0 Å². The third-order valence-corrected chi connectivity index (χ3v) is 5.20. The summed E-state index contributed by atoms with van der Waals surface area (Å²) in [6.45, 7) is 0.413. The first-order valence-electron chi connectivity index (χ1n) is 8.63. The van der Waals surface area contributed by atoms with Crippen molar-refractivity contribution in [3.63, 3.8) is 0 Å². The van der Waals surface area contributed by atoms with Crippen LogP contribution in [0.3, 0.4) is 0 Å². The maximum atomic E-state index is 12.6. The Hall–Kier alpha value is -2.73. The monoisotopic (exact) mass is 383 g/mol. The second-order valence-electron chi connectivity index (χ2n) is 6.03. The summed E-state index contributed by atoms with van der Waals surface area (Å²) in [7, 11) is 3.14. The second-order valence-corrected chi connectivity index (χ2v) is 7.02. The Kier molecular flexibility index (Phi) is 6.19. The molecule has 1 aliphatic rings. The molecule has 0 atom stereocenters. The topological polar surface area (TPSA) is 55.8 Å². The van der Waals surface area contributed by atoms with Crippen LogP contribution in [-0.2, 0) is 11.2 Å². The Bertz CT molecular complexity index is 864. The van der Waals surface area contributed by atoms with Gasteiger partial charge in [0.2, 0.25) is 0 Å². The molecule has 27 heavy (non-hydrogen) atoms. The van der Waals surface area contributed by atoms with Gasteiger partial charge in [0.1, 0.15) is 11.5 Å². The van der Waals surface area contributed by atoms with Crippen molar-refractivity contribution in [3.8, 4) is 11.5 Å². The third kappa shape index (κ3) is 4.52. The molecule has 0 N–H and O–H groups in total. The zero-order valence-electron chi connectivity index (χ0n) is 15.3. The summed E-state index contributed by atoms with van der Waals surface area (Å²) in [4.78, 5) is 26.6. The molecule has 0 saturated carbocycles. The molecule has 3 rings (SSSR count). The smallest absolute Gasteiger partial charge is 0.293 e. The zero-order valence-corrected chi connectivity index (χ0v) is 16.1. The Balaban J connectivity index is 1.69. The number of imide groups is 1. The largest absolute Gasteiger partial charge is 0.497 e. The van der Waals surface area contributed by atoms with Gasteiger partial charge in [-0.05, 0) is 48.4 Å². The normalized spacial score (nSPS) is 15.5. The van der Waals surface area contributed by atoms with E-state index < -0.39 is 0 Å². The van der Waals surface area contributed by atoms with Crippen LogP contribution in [0.4, 0.5) is 4.79 Å². The van der Waals surface area contributed by atoms with Gasteiger partial charge < -0.3 is 9.47 Å². The molecular formula is C21H21NO4S. The van der Waals surface area contributed by atoms with Gasteiger partial charge in [0.05, 0.1) is 19.1 Å². The molecule has 0 radical (unpaired) electrons. The summed E-state index contributed by atoms with van der Waals surface area (Å²) in [6.07, 6.45) is 3.26. The Morgan fingerprint density at radius 3 is 2.52 bits per heavy atom. The molecular weight excluding hydrogens is 362 g/mol. The SMILES string of the molecule is COc1ccc(/C=C2/SC(=O)N(CCCc3ccccc3)C2=O)c(OC)c1. The number of thioether (sulfide) groups is 1. The number of aryl methyl sites for hydroxylation is 1. The minimum Gasteiger partial charge on any atom is -0.497 e. The van der Waals surface area contributed by atoms with Crippen LogP contribution >= 0.6 is 11.8 Å². The van der Waals surface area contributed by atoms with E-state index in [4.69, 9.17) is 9.47 Å². The number of benzene rings is 2. The summed E-state index contributed by atoms with van der Waals surface area (Å²) in [5, 5.41) is -0.230. The number of amides is 2. The van der Waals surface area contributed by atoms with Crippen molar-refractivity contribution in [2.75, 3.05) is 20.8 Å². The molecule has 0 aromatic heterocycles. The second kappa shape index (κ2) is 8.77. The predicted octanol–water partition coefficient (Wildman–Crippen LogP) is 4.37. The molecule has 0 unspecified atom stereocenters. The van der Waals surface area contributed by atoms with Crippen LogP contribution < -0.4 is 9.47 Å². The van der Waals surface area contributed by atoms with Crippen molar-refractivity contribution in [2.45, 2.75) is 12.8 Å². The van der Waals surface area contributed by atoms with Crippen molar-refractivity contribution in [3.05, 3.63) is 64.6 Å². The number of nitrogens with zero attached hydrogens (tertiary/aromatic N) is 1. The van der Waals surface area contributed by atoms with Gasteiger partial charge >= 0.3 is 0 Å². The van der Waals surface area contributed by atoms with E-state index in [0.29, 0.717) is 22.9 Å². The molecule has 140 valence electrons. The van der Waals surface area contributed by atoms with Crippen LogP contribution in [0.25, 0.3) is 6.08 Å². The van der Waals surface area contributed by atoms with Gasteiger partial charge in [-0.2, -0.15) is 0 Å². The van der Waals surface area contributed by atoms with Crippen molar-refractivity contribution in [1.82, 2.24) is 4.90 Å². The quantitative estimate of drug-likeness (QED) is 0.665. The lowest BCUT2D eigenvalue weighted by molar-refractivity contribution is -0.122. The molecule has 1 saturated heterocycles. The van der Waals surface area contributed by atoms with E-state index in [1.807, 2.05) is 30.3 Å². The number of methoxy groups -OCH3 is 2. The highest BCUT2D eigenvalue weighted by atomic mass is 32.2. The Morgan fingerprint density at radius 1 is 1.04 bits per heavy atom. The van der Waals surface area contributed by atoms with Gasteiger partial charge in [0, 0.05) is 18.2 Å². The van der Waals surface area contributed by atoms with Crippen LogP contribution in [0.2, 0.25) is 0 Å². The van der Waals surface area contributed by atoms with Gasteiger partial charge in [-0.25, -0.2) is 0 Å². The van der Waals surface area contributed by atoms with Gasteiger partial charge in [-0.1, -0.05) is 30.3 Å². The van der Waals surface area contributed by atoms with E-state index in [-0.39, 0.29) is 11.1 Å². The minimum absolute atomic E-state index is 0.230. The number of hydrogen-bond donors (Lipinski definition) is 0. The molecule has 5 nitrogen and oxygen atoms in total. The molecule has 1 heterocycles. The van der Waals surface area contributed by atoms with Gasteiger partial charge in [0.25, 0.3) is 11.1 Å². The lowest BCUT2D eigenvalue weighted by atomic mass is 10.1.